The Hall–Kier alpha value is -2.15. The molecule has 0 spiro atoms. The Morgan fingerprint density at radius 1 is 1.24 bits per heavy atom. The Bertz CT molecular complexity index is 904. The van der Waals surface area contributed by atoms with Gasteiger partial charge in [-0.25, -0.2) is 0 Å². The predicted octanol–water partition coefficient (Wildman–Crippen LogP) is 6.46. The van der Waals surface area contributed by atoms with Crippen molar-refractivity contribution in [3.05, 3.63) is 71.6 Å². The van der Waals surface area contributed by atoms with Crippen LogP contribution in [0, 0.1) is 11.8 Å². The Morgan fingerprint density at radius 3 is 2.88 bits per heavy atom. The van der Waals surface area contributed by atoms with Crippen molar-refractivity contribution in [3.8, 4) is 0 Å². The highest BCUT2D eigenvalue weighted by molar-refractivity contribution is 6.00. The minimum Gasteiger partial charge on any atom is -0.256 e. The van der Waals surface area contributed by atoms with E-state index in [0.29, 0.717) is 11.8 Å². The number of hydrogen-bond acceptors (Lipinski definition) is 1. The lowest BCUT2D eigenvalue weighted by Gasteiger charge is -2.39. The standard InChI is InChI=1S/C24H27N/c1-16(2)8-5-9-17-10-6-12-19-21(17)23-22-18(14-15-25-23)11-7-13-20(22)24(19,3)4/h5-8,11-17H,9-10H2,1-4H3. The minimum absolute atomic E-state index is 0.0296. The van der Waals surface area contributed by atoms with Gasteiger partial charge in [0.05, 0.1) is 5.69 Å². The molecule has 1 aromatic carbocycles. The average molecular weight is 329 g/mol. The Morgan fingerprint density at radius 2 is 2.08 bits per heavy atom. The van der Waals surface area contributed by atoms with E-state index in [4.69, 9.17) is 4.98 Å². The molecule has 2 aromatic rings. The number of allylic oxidation sites excluding steroid dienone is 6. The highest BCUT2D eigenvalue weighted by Crippen LogP contribution is 2.51. The summed E-state index contributed by atoms with van der Waals surface area (Å²) in [6, 6.07) is 8.84. The third-order valence-corrected chi connectivity index (χ3v) is 5.74. The molecule has 0 bridgehead atoms. The van der Waals surface area contributed by atoms with E-state index < -0.39 is 0 Å². The molecule has 2 aliphatic carbocycles. The monoisotopic (exact) mass is 329 g/mol. The second kappa shape index (κ2) is 5.98. The molecule has 0 amide bonds. The molecule has 1 nitrogen and oxygen atoms in total. The van der Waals surface area contributed by atoms with Gasteiger partial charge in [-0.2, -0.15) is 0 Å². The van der Waals surface area contributed by atoms with Crippen molar-refractivity contribution in [1.29, 1.82) is 0 Å². The summed E-state index contributed by atoms with van der Waals surface area (Å²) in [6.45, 7) is 9.21. The third-order valence-electron chi connectivity index (χ3n) is 5.74. The SMILES string of the molecule is CC(C)C=CCC1CC=CC2=C1c1nccc3cccc(c13)C2(C)C. The normalized spacial score (nSPS) is 21.4. The fraction of sp³-hybridized carbons (Fsp3) is 0.375. The molecule has 2 aliphatic rings. The first-order valence-corrected chi connectivity index (χ1v) is 9.46. The van der Waals surface area contributed by atoms with E-state index >= 15 is 0 Å². The van der Waals surface area contributed by atoms with Crippen LogP contribution in [-0.2, 0) is 5.41 Å². The molecule has 0 saturated heterocycles. The molecular weight excluding hydrogens is 302 g/mol. The van der Waals surface area contributed by atoms with Crippen LogP contribution in [0.1, 0.15) is 51.8 Å². The third kappa shape index (κ3) is 2.57. The molecule has 0 fully saturated rings. The number of aromatic nitrogens is 1. The summed E-state index contributed by atoms with van der Waals surface area (Å²) in [4.78, 5) is 4.86. The first-order chi connectivity index (χ1) is 12.0. The lowest BCUT2D eigenvalue weighted by atomic mass is 9.65. The van der Waals surface area contributed by atoms with Crippen molar-refractivity contribution in [2.75, 3.05) is 0 Å². The zero-order chi connectivity index (χ0) is 17.6. The fourth-order valence-electron chi connectivity index (χ4n) is 4.47. The lowest BCUT2D eigenvalue weighted by Crippen LogP contribution is -2.28. The molecule has 0 radical (unpaired) electrons. The number of rotatable bonds is 3. The van der Waals surface area contributed by atoms with Crippen LogP contribution in [0.5, 0.6) is 0 Å². The summed E-state index contributed by atoms with van der Waals surface area (Å²) in [7, 11) is 0. The van der Waals surface area contributed by atoms with Crippen LogP contribution in [0.4, 0.5) is 0 Å². The van der Waals surface area contributed by atoms with Crippen LogP contribution in [-0.4, -0.2) is 4.98 Å². The van der Waals surface area contributed by atoms with Crippen molar-refractivity contribution in [3.63, 3.8) is 0 Å². The summed E-state index contributed by atoms with van der Waals surface area (Å²) >= 11 is 0. The van der Waals surface area contributed by atoms with E-state index in [-0.39, 0.29) is 5.41 Å². The van der Waals surface area contributed by atoms with Crippen molar-refractivity contribution in [2.45, 2.75) is 46.0 Å². The molecule has 1 unspecified atom stereocenters. The molecule has 1 atom stereocenters. The largest absolute Gasteiger partial charge is 0.256 e. The van der Waals surface area contributed by atoms with Crippen LogP contribution in [0.2, 0.25) is 0 Å². The minimum atomic E-state index is 0.0296. The van der Waals surface area contributed by atoms with Gasteiger partial charge in [-0.15, -0.1) is 0 Å². The molecule has 4 rings (SSSR count). The van der Waals surface area contributed by atoms with Gasteiger partial charge in [0.25, 0.3) is 0 Å². The summed E-state index contributed by atoms with van der Waals surface area (Å²) in [5.41, 5.74) is 5.59. The van der Waals surface area contributed by atoms with E-state index in [0.717, 1.165) is 12.8 Å². The van der Waals surface area contributed by atoms with Gasteiger partial charge in [0.15, 0.2) is 0 Å². The molecule has 128 valence electrons. The van der Waals surface area contributed by atoms with E-state index in [2.05, 4.69) is 76.3 Å². The van der Waals surface area contributed by atoms with E-state index in [1.54, 1.807) is 0 Å². The van der Waals surface area contributed by atoms with Gasteiger partial charge >= 0.3 is 0 Å². The number of pyridine rings is 1. The highest BCUT2D eigenvalue weighted by atomic mass is 14.7. The molecule has 0 saturated carbocycles. The van der Waals surface area contributed by atoms with Crippen molar-refractivity contribution < 1.29 is 0 Å². The number of nitrogens with zero attached hydrogens (tertiary/aromatic N) is 1. The quantitative estimate of drug-likeness (QED) is 0.589. The van der Waals surface area contributed by atoms with Gasteiger partial charge in [0.1, 0.15) is 0 Å². The number of benzene rings is 1. The first-order valence-electron chi connectivity index (χ1n) is 9.46. The molecule has 1 aromatic heterocycles. The Kier molecular flexibility index (Phi) is 3.91. The van der Waals surface area contributed by atoms with Gasteiger partial charge in [0.2, 0.25) is 0 Å². The Balaban J connectivity index is 1.91. The average Bonchev–Trinajstić information content (AvgIpc) is 2.59. The maximum absolute atomic E-state index is 4.86. The Labute approximate surface area is 151 Å². The van der Waals surface area contributed by atoms with Gasteiger partial charge in [0, 0.05) is 17.0 Å². The smallest absolute Gasteiger partial charge is 0.0749 e. The highest BCUT2D eigenvalue weighted by Gasteiger charge is 2.38. The van der Waals surface area contributed by atoms with Crippen LogP contribution >= 0.6 is 0 Å². The van der Waals surface area contributed by atoms with Crippen LogP contribution < -0.4 is 0 Å². The summed E-state index contributed by atoms with van der Waals surface area (Å²) in [5, 5.41) is 2.68. The van der Waals surface area contributed by atoms with Crippen molar-refractivity contribution in [2.24, 2.45) is 11.8 Å². The van der Waals surface area contributed by atoms with E-state index in [1.165, 1.54) is 33.2 Å². The molecule has 1 heterocycles. The van der Waals surface area contributed by atoms with Gasteiger partial charge < -0.3 is 0 Å². The van der Waals surface area contributed by atoms with E-state index in [1.807, 2.05) is 6.20 Å². The lowest BCUT2D eigenvalue weighted by molar-refractivity contribution is 0.602. The summed E-state index contributed by atoms with van der Waals surface area (Å²) in [6.07, 6.45) is 13.6. The van der Waals surface area contributed by atoms with E-state index in [9.17, 15) is 0 Å². The fourth-order valence-corrected chi connectivity index (χ4v) is 4.47. The zero-order valence-electron chi connectivity index (χ0n) is 15.7. The maximum atomic E-state index is 4.86. The molecule has 1 heteroatoms. The number of hydrogen-bond donors (Lipinski definition) is 0. The second-order valence-corrected chi connectivity index (χ2v) is 8.26. The van der Waals surface area contributed by atoms with Gasteiger partial charge in [-0.3, -0.25) is 4.98 Å². The van der Waals surface area contributed by atoms with Crippen LogP contribution in [0.25, 0.3) is 16.3 Å². The van der Waals surface area contributed by atoms with Gasteiger partial charge in [-0.1, -0.05) is 70.2 Å². The molecule has 0 aliphatic heterocycles. The molecule has 25 heavy (non-hydrogen) atoms. The first kappa shape index (κ1) is 16.3. The predicted molar refractivity (Wildman–Crippen MR) is 108 cm³/mol. The van der Waals surface area contributed by atoms with Crippen LogP contribution in [0.15, 0.2) is 60.3 Å². The van der Waals surface area contributed by atoms with Crippen molar-refractivity contribution >= 4 is 16.3 Å². The molecular formula is C24H27N. The maximum Gasteiger partial charge on any atom is 0.0749 e. The summed E-state index contributed by atoms with van der Waals surface area (Å²) < 4.78 is 0. The van der Waals surface area contributed by atoms with Crippen molar-refractivity contribution in [1.82, 2.24) is 4.98 Å². The summed E-state index contributed by atoms with van der Waals surface area (Å²) in [5.74, 6) is 1.14. The van der Waals surface area contributed by atoms with Crippen LogP contribution in [0.3, 0.4) is 0 Å². The topological polar surface area (TPSA) is 12.9 Å². The molecule has 0 N–H and O–H groups in total. The second-order valence-electron chi connectivity index (χ2n) is 8.26. The van der Waals surface area contributed by atoms with Gasteiger partial charge in [-0.05, 0) is 52.8 Å². The number of fused-ring (bicyclic) bond motifs is 1. The zero-order valence-corrected chi connectivity index (χ0v) is 15.7.